The summed E-state index contributed by atoms with van der Waals surface area (Å²) in [4.78, 5) is 26.7. The summed E-state index contributed by atoms with van der Waals surface area (Å²) in [6.07, 6.45) is 0. The van der Waals surface area contributed by atoms with Crippen LogP contribution in [0.2, 0.25) is 0 Å². The molecule has 8 nitrogen and oxygen atoms in total. The second kappa shape index (κ2) is 7.51. The zero-order chi connectivity index (χ0) is 22.2. The van der Waals surface area contributed by atoms with Crippen LogP contribution in [0, 0.1) is 39.9 Å². The SMILES string of the molecule is CC1=NN(c2ccccc2)C(=O)C1C(C#N)(C#N)C1C(=O)N(c2ccccc2)N=C1C. The van der Waals surface area contributed by atoms with Crippen LogP contribution in [-0.2, 0) is 9.59 Å². The summed E-state index contributed by atoms with van der Waals surface area (Å²) in [5, 5.41) is 31.3. The minimum absolute atomic E-state index is 0.302. The molecule has 0 aliphatic carbocycles. The second-order valence-electron chi connectivity index (χ2n) is 7.41. The van der Waals surface area contributed by atoms with E-state index in [1.165, 1.54) is 10.0 Å². The molecule has 0 N–H and O–H groups in total. The summed E-state index contributed by atoms with van der Waals surface area (Å²) in [5.41, 5.74) is -0.338. The molecule has 0 radical (unpaired) electrons. The number of hydrogen-bond donors (Lipinski definition) is 0. The van der Waals surface area contributed by atoms with E-state index in [4.69, 9.17) is 0 Å². The Bertz CT molecular complexity index is 1090. The van der Waals surface area contributed by atoms with E-state index in [1.54, 1.807) is 62.4 Å². The van der Waals surface area contributed by atoms with Gasteiger partial charge in [-0.05, 0) is 38.1 Å². The summed E-state index contributed by atoms with van der Waals surface area (Å²) in [7, 11) is 0. The second-order valence-corrected chi connectivity index (χ2v) is 7.41. The summed E-state index contributed by atoms with van der Waals surface area (Å²) >= 11 is 0. The molecular weight excluding hydrogens is 392 g/mol. The summed E-state index contributed by atoms with van der Waals surface area (Å²) in [6.45, 7) is 3.19. The Morgan fingerprint density at radius 3 is 1.42 bits per heavy atom. The van der Waals surface area contributed by atoms with Crippen molar-refractivity contribution in [2.45, 2.75) is 13.8 Å². The molecule has 2 heterocycles. The Kier molecular flexibility index (Phi) is 4.84. The van der Waals surface area contributed by atoms with Crippen LogP contribution in [-0.4, -0.2) is 23.2 Å². The first kappa shape index (κ1) is 20.0. The van der Waals surface area contributed by atoms with Gasteiger partial charge in [0.05, 0.1) is 34.9 Å². The third-order valence-corrected chi connectivity index (χ3v) is 5.54. The lowest BCUT2D eigenvalue weighted by Gasteiger charge is -2.29. The van der Waals surface area contributed by atoms with Gasteiger partial charge in [-0.1, -0.05) is 36.4 Å². The zero-order valence-electron chi connectivity index (χ0n) is 16.9. The molecule has 2 aliphatic heterocycles. The fourth-order valence-electron chi connectivity index (χ4n) is 4.14. The average Bonchev–Trinajstić information content (AvgIpc) is 3.27. The van der Waals surface area contributed by atoms with Crippen LogP contribution in [0.3, 0.4) is 0 Å². The topological polar surface area (TPSA) is 113 Å². The maximum atomic E-state index is 13.3. The van der Waals surface area contributed by atoms with Gasteiger partial charge in [-0.15, -0.1) is 0 Å². The van der Waals surface area contributed by atoms with Gasteiger partial charge in [0.25, 0.3) is 11.8 Å². The fourth-order valence-corrected chi connectivity index (χ4v) is 4.14. The highest BCUT2D eigenvalue weighted by molar-refractivity contribution is 6.20. The van der Waals surface area contributed by atoms with E-state index in [0.29, 0.717) is 22.8 Å². The third-order valence-electron chi connectivity index (χ3n) is 5.54. The lowest BCUT2D eigenvalue weighted by molar-refractivity contribution is -0.124. The van der Waals surface area contributed by atoms with Crippen molar-refractivity contribution in [3.63, 3.8) is 0 Å². The largest absolute Gasteiger partial charge is 0.272 e. The van der Waals surface area contributed by atoms with Crippen molar-refractivity contribution in [1.82, 2.24) is 0 Å². The van der Waals surface area contributed by atoms with Crippen molar-refractivity contribution >= 4 is 34.6 Å². The third kappa shape index (κ3) is 2.97. The van der Waals surface area contributed by atoms with Gasteiger partial charge in [-0.25, -0.2) is 10.0 Å². The van der Waals surface area contributed by atoms with Crippen LogP contribution in [0.5, 0.6) is 0 Å². The molecule has 8 heteroatoms. The van der Waals surface area contributed by atoms with Crippen molar-refractivity contribution in [3.05, 3.63) is 60.7 Å². The van der Waals surface area contributed by atoms with Gasteiger partial charge in [0.15, 0.2) is 5.41 Å². The molecule has 0 spiro atoms. The van der Waals surface area contributed by atoms with Crippen molar-refractivity contribution in [2.24, 2.45) is 27.5 Å². The fraction of sp³-hybridized carbons (Fsp3) is 0.217. The molecule has 2 aliphatic rings. The summed E-state index contributed by atoms with van der Waals surface area (Å²) in [6, 6.07) is 21.5. The number of nitriles is 2. The van der Waals surface area contributed by atoms with Crippen LogP contribution in [0.25, 0.3) is 0 Å². The number of nitrogens with zero attached hydrogens (tertiary/aromatic N) is 6. The first-order chi connectivity index (χ1) is 14.9. The smallest absolute Gasteiger partial charge is 0.259 e. The molecule has 2 atom stereocenters. The Morgan fingerprint density at radius 2 is 1.10 bits per heavy atom. The number of amides is 2. The standard InChI is InChI=1S/C23H18N6O2/c1-15-19(21(30)28(26-15)17-9-5-3-6-10-17)23(13-24,14-25)20-16(2)27-29(22(20)31)18-11-7-4-8-12-18/h3-12,19-20H,1-2H3. The summed E-state index contributed by atoms with van der Waals surface area (Å²) < 4.78 is 0. The number of para-hydroxylation sites is 2. The highest BCUT2D eigenvalue weighted by Crippen LogP contribution is 2.44. The number of rotatable bonds is 4. The van der Waals surface area contributed by atoms with Crippen molar-refractivity contribution < 1.29 is 9.59 Å². The van der Waals surface area contributed by atoms with Crippen LogP contribution in [0.15, 0.2) is 70.9 Å². The molecular formula is C23H18N6O2. The van der Waals surface area contributed by atoms with Gasteiger partial charge >= 0.3 is 0 Å². The number of anilines is 2. The van der Waals surface area contributed by atoms with Crippen molar-refractivity contribution in [2.75, 3.05) is 10.0 Å². The molecule has 0 bridgehead atoms. The van der Waals surface area contributed by atoms with Gasteiger partial charge in [0.2, 0.25) is 0 Å². The predicted molar refractivity (Wildman–Crippen MR) is 115 cm³/mol. The lowest BCUT2D eigenvalue weighted by Crippen LogP contribution is -2.49. The summed E-state index contributed by atoms with van der Waals surface area (Å²) in [5.74, 6) is -3.44. The minimum atomic E-state index is -1.98. The molecule has 152 valence electrons. The monoisotopic (exact) mass is 410 g/mol. The Balaban J connectivity index is 1.76. The Morgan fingerprint density at radius 1 is 0.742 bits per heavy atom. The number of carbonyl (C=O) groups excluding carboxylic acids is 2. The predicted octanol–water partition coefficient (Wildman–Crippen LogP) is 3.10. The molecule has 2 aromatic carbocycles. The van der Waals surface area contributed by atoms with E-state index in [0.717, 1.165) is 0 Å². The number of hydrogen-bond acceptors (Lipinski definition) is 6. The molecule has 0 saturated heterocycles. The van der Waals surface area contributed by atoms with Gasteiger partial charge in [0, 0.05) is 0 Å². The van der Waals surface area contributed by atoms with Crippen LogP contribution < -0.4 is 10.0 Å². The van der Waals surface area contributed by atoms with Crippen molar-refractivity contribution in [1.29, 1.82) is 10.5 Å². The van der Waals surface area contributed by atoms with E-state index in [9.17, 15) is 20.1 Å². The molecule has 0 aromatic heterocycles. The first-order valence-electron chi connectivity index (χ1n) is 9.65. The number of benzene rings is 2. The molecule has 31 heavy (non-hydrogen) atoms. The molecule has 2 unspecified atom stereocenters. The van der Waals surface area contributed by atoms with Crippen LogP contribution in [0.1, 0.15) is 13.8 Å². The highest BCUT2D eigenvalue weighted by Gasteiger charge is 2.61. The van der Waals surface area contributed by atoms with E-state index in [1.807, 2.05) is 24.3 Å². The number of hydrazone groups is 2. The molecule has 0 saturated carbocycles. The molecule has 2 amide bonds. The zero-order valence-corrected chi connectivity index (χ0v) is 16.9. The van der Waals surface area contributed by atoms with Gasteiger partial charge in [-0.3, -0.25) is 9.59 Å². The molecule has 0 fully saturated rings. The van der Waals surface area contributed by atoms with Gasteiger partial charge < -0.3 is 0 Å². The highest BCUT2D eigenvalue weighted by atomic mass is 16.2. The quantitative estimate of drug-likeness (QED) is 0.770. The normalized spacial score (nSPS) is 20.9. The van der Waals surface area contributed by atoms with E-state index in [-0.39, 0.29) is 0 Å². The minimum Gasteiger partial charge on any atom is -0.272 e. The maximum Gasteiger partial charge on any atom is 0.259 e. The van der Waals surface area contributed by atoms with E-state index < -0.39 is 29.1 Å². The Hall–Kier alpha value is -4.30. The van der Waals surface area contributed by atoms with E-state index >= 15 is 0 Å². The molecule has 4 rings (SSSR count). The lowest BCUT2D eigenvalue weighted by atomic mass is 9.65. The van der Waals surface area contributed by atoms with E-state index in [2.05, 4.69) is 10.2 Å². The Labute approximate surface area is 179 Å². The van der Waals surface area contributed by atoms with Crippen molar-refractivity contribution in [3.8, 4) is 12.1 Å². The molecule has 2 aromatic rings. The first-order valence-corrected chi connectivity index (χ1v) is 9.65. The van der Waals surface area contributed by atoms with Crippen LogP contribution >= 0.6 is 0 Å². The number of carbonyl (C=O) groups is 2. The van der Waals surface area contributed by atoms with Gasteiger partial charge in [0.1, 0.15) is 11.8 Å². The maximum absolute atomic E-state index is 13.3. The van der Waals surface area contributed by atoms with Gasteiger partial charge in [-0.2, -0.15) is 20.7 Å². The average molecular weight is 410 g/mol. The van der Waals surface area contributed by atoms with Crippen LogP contribution in [0.4, 0.5) is 11.4 Å².